The Morgan fingerprint density at radius 3 is 1.81 bits per heavy atom. The number of nitrogens with two attached hydrogens (primary N) is 1. The summed E-state index contributed by atoms with van der Waals surface area (Å²) in [4.78, 5) is 0. The van der Waals surface area contributed by atoms with Gasteiger partial charge in [0.1, 0.15) is 0 Å². The molecule has 0 spiro atoms. The van der Waals surface area contributed by atoms with Crippen LogP contribution in [0.2, 0.25) is 0 Å². The van der Waals surface area contributed by atoms with Crippen LogP contribution in [0.5, 0.6) is 0 Å². The van der Waals surface area contributed by atoms with Crippen molar-refractivity contribution in [3.63, 3.8) is 0 Å². The van der Waals surface area contributed by atoms with Gasteiger partial charge < -0.3 is 11.1 Å². The molecule has 0 aliphatic carbocycles. The molecule has 3 N–H and O–H groups in total. The molecule has 2 heteroatoms. The maximum atomic E-state index is 7.03. The average Bonchev–Trinajstić information content (AvgIpc) is 2.35. The van der Waals surface area contributed by atoms with Crippen molar-refractivity contribution in [2.75, 3.05) is 0 Å². The van der Waals surface area contributed by atoms with Crippen LogP contribution in [0.15, 0.2) is 48.2 Å². The number of hydrogen-bond acceptors (Lipinski definition) is 2. The molecule has 0 aromatic carbocycles. The molecular weight excluding hydrogens is 196 g/mol. The van der Waals surface area contributed by atoms with Gasteiger partial charge in [0.2, 0.25) is 0 Å². The van der Waals surface area contributed by atoms with E-state index in [1.807, 2.05) is 34.6 Å². The molecule has 16 heavy (non-hydrogen) atoms. The lowest BCUT2D eigenvalue weighted by Gasteiger charge is -2.03. The van der Waals surface area contributed by atoms with E-state index in [9.17, 15) is 0 Å². The molecule has 0 radical (unpaired) electrons. The smallest absolute Gasteiger partial charge is 0.0390 e. The fraction of sp³-hybridized carbons (Fsp3) is 0.357. The summed E-state index contributed by atoms with van der Waals surface area (Å²) in [5, 5.41) is 7.03. The number of hydrogen-bond donors (Lipinski definition) is 2. The van der Waals surface area contributed by atoms with Crippen LogP contribution in [-0.2, 0) is 0 Å². The summed E-state index contributed by atoms with van der Waals surface area (Å²) in [6.45, 7) is 17.0. The summed E-state index contributed by atoms with van der Waals surface area (Å²) < 4.78 is 0. The molecule has 0 rings (SSSR count). The first-order chi connectivity index (χ1) is 7.67. The Hall–Kier alpha value is -1.57. The summed E-state index contributed by atoms with van der Waals surface area (Å²) in [5.74, 6) is 0. The Morgan fingerprint density at radius 2 is 1.56 bits per heavy atom. The highest BCUT2D eigenvalue weighted by molar-refractivity contribution is 5.78. The van der Waals surface area contributed by atoms with Crippen molar-refractivity contribution < 1.29 is 0 Å². The molecule has 0 fully saturated rings. The van der Waals surface area contributed by atoms with E-state index >= 15 is 0 Å². The third kappa shape index (κ3) is 9.00. The minimum atomic E-state index is 0.584. The van der Waals surface area contributed by atoms with Crippen LogP contribution >= 0.6 is 0 Å². The lowest BCUT2D eigenvalue weighted by Crippen LogP contribution is -2.01. The van der Waals surface area contributed by atoms with Gasteiger partial charge in [-0.05, 0) is 18.6 Å². The van der Waals surface area contributed by atoms with Crippen LogP contribution in [0, 0.1) is 5.41 Å². The predicted octanol–water partition coefficient (Wildman–Crippen LogP) is 4.22. The van der Waals surface area contributed by atoms with Crippen LogP contribution in [0.1, 0.15) is 34.6 Å². The minimum absolute atomic E-state index is 0.584. The quantitative estimate of drug-likeness (QED) is 0.543. The van der Waals surface area contributed by atoms with Crippen LogP contribution in [-0.4, -0.2) is 6.21 Å². The highest BCUT2D eigenvalue weighted by Crippen LogP contribution is 2.09. The zero-order valence-corrected chi connectivity index (χ0v) is 11.3. The maximum Gasteiger partial charge on any atom is 0.0390 e. The van der Waals surface area contributed by atoms with E-state index in [1.54, 1.807) is 18.2 Å². The van der Waals surface area contributed by atoms with E-state index in [4.69, 9.17) is 11.1 Å². The molecule has 2 nitrogen and oxygen atoms in total. The molecule has 0 bridgehead atoms. The molecule has 0 saturated carbocycles. The number of allylic oxidation sites excluding steroid dienone is 4. The molecule has 0 atom stereocenters. The standard InChI is InChI=1S/C10H14N2.2C2H6/c1-4-6-10(12)9(5-2)8(3)7-11;2*1-2/h4-7,11H,1-2,12H2,3H3;2*1-2H3/b9-8+,10-6+,11-7?;;. The zero-order chi connectivity index (χ0) is 13.6. The fourth-order valence-corrected chi connectivity index (χ4v) is 0.801. The minimum Gasteiger partial charge on any atom is -0.398 e. The van der Waals surface area contributed by atoms with Crippen LogP contribution in [0.3, 0.4) is 0 Å². The van der Waals surface area contributed by atoms with Crippen molar-refractivity contribution in [2.24, 2.45) is 5.73 Å². The summed E-state index contributed by atoms with van der Waals surface area (Å²) in [7, 11) is 0. The van der Waals surface area contributed by atoms with Crippen molar-refractivity contribution in [1.82, 2.24) is 0 Å². The lowest BCUT2D eigenvalue weighted by molar-refractivity contribution is 1.31. The largest absolute Gasteiger partial charge is 0.398 e. The van der Waals surface area contributed by atoms with Gasteiger partial charge in [0.05, 0.1) is 0 Å². The first-order valence-electron chi connectivity index (χ1n) is 5.59. The molecule has 0 aliphatic heterocycles. The number of rotatable bonds is 4. The maximum absolute atomic E-state index is 7.03. The summed E-state index contributed by atoms with van der Waals surface area (Å²) in [6.07, 6.45) is 6.18. The second-order valence-corrected chi connectivity index (χ2v) is 2.30. The van der Waals surface area contributed by atoms with E-state index in [0.717, 1.165) is 11.1 Å². The van der Waals surface area contributed by atoms with Gasteiger partial charge in [-0.1, -0.05) is 53.0 Å². The van der Waals surface area contributed by atoms with E-state index in [2.05, 4.69) is 13.2 Å². The fourth-order valence-electron chi connectivity index (χ4n) is 0.801. The van der Waals surface area contributed by atoms with Crippen molar-refractivity contribution in [2.45, 2.75) is 34.6 Å². The summed E-state index contributed by atoms with van der Waals surface area (Å²) in [5.41, 5.74) is 7.83. The molecule has 92 valence electrons. The van der Waals surface area contributed by atoms with Crippen LogP contribution < -0.4 is 5.73 Å². The second-order valence-electron chi connectivity index (χ2n) is 2.30. The summed E-state index contributed by atoms with van der Waals surface area (Å²) in [6, 6.07) is 0. The van der Waals surface area contributed by atoms with Gasteiger partial charge in [-0.25, -0.2) is 0 Å². The molecule has 0 saturated heterocycles. The van der Waals surface area contributed by atoms with Crippen molar-refractivity contribution in [1.29, 1.82) is 5.41 Å². The molecule has 0 unspecified atom stereocenters. The van der Waals surface area contributed by atoms with E-state index in [-0.39, 0.29) is 0 Å². The van der Waals surface area contributed by atoms with Crippen LogP contribution in [0.4, 0.5) is 0 Å². The average molecular weight is 222 g/mol. The molecule has 0 aromatic heterocycles. The SMILES string of the molecule is C=C/C=C(N)\C(C=C)=C(/C)C=N.CC.CC. The third-order valence-corrected chi connectivity index (χ3v) is 1.45. The van der Waals surface area contributed by atoms with E-state index in [0.29, 0.717) is 5.70 Å². The molecule has 0 aliphatic rings. The molecule has 0 heterocycles. The monoisotopic (exact) mass is 222 g/mol. The predicted molar refractivity (Wildman–Crippen MR) is 76.8 cm³/mol. The normalized spacial score (nSPS) is 10.7. The Kier molecular flexibility index (Phi) is 19.8. The molecule has 0 aromatic rings. The Morgan fingerprint density at radius 1 is 1.12 bits per heavy atom. The van der Waals surface area contributed by atoms with Gasteiger partial charge in [0.15, 0.2) is 0 Å². The second kappa shape index (κ2) is 15.9. The topological polar surface area (TPSA) is 49.9 Å². The molecule has 0 amide bonds. The van der Waals surface area contributed by atoms with Gasteiger partial charge in [-0.3, -0.25) is 0 Å². The highest BCUT2D eigenvalue weighted by atomic mass is 14.6. The van der Waals surface area contributed by atoms with Crippen molar-refractivity contribution in [3.8, 4) is 0 Å². The Bertz CT molecular complexity index is 258. The summed E-state index contributed by atoms with van der Waals surface area (Å²) >= 11 is 0. The molecular formula is C14H26N2. The van der Waals surface area contributed by atoms with Gasteiger partial charge in [0.25, 0.3) is 0 Å². The Labute approximate surface area is 101 Å². The third-order valence-electron chi connectivity index (χ3n) is 1.45. The van der Waals surface area contributed by atoms with Gasteiger partial charge >= 0.3 is 0 Å². The van der Waals surface area contributed by atoms with Crippen molar-refractivity contribution in [3.05, 3.63) is 48.2 Å². The van der Waals surface area contributed by atoms with E-state index in [1.165, 1.54) is 6.21 Å². The first kappa shape index (κ1) is 19.9. The lowest BCUT2D eigenvalue weighted by atomic mass is 10.1. The van der Waals surface area contributed by atoms with Gasteiger partial charge in [-0.2, -0.15) is 0 Å². The van der Waals surface area contributed by atoms with Gasteiger partial charge in [0, 0.05) is 17.5 Å². The number of nitrogens with one attached hydrogen (secondary N) is 1. The van der Waals surface area contributed by atoms with Crippen LogP contribution in [0.25, 0.3) is 0 Å². The first-order valence-corrected chi connectivity index (χ1v) is 5.59. The van der Waals surface area contributed by atoms with Crippen molar-refractivity contribution >= 4 is 6.21 Å². The zero-order valence-electron chi connectivity index (χ0n) is 11.3. The highest BCUT2D eigenvalue weighted by Gasteiger charge is 1.97. The van der Waals surface area contributed by atoms with Gasteiger partial charge in [-0.15, -0.1) is 0 Å². The Balaban J connectivity index is -0.000000376. The van der Waals surface area contributed by atoms with E-state index < -0.39 is 0 Å².